The van der Waals surface area contributed by atoms with Crippen LogP contribution in [0.15, 0.2) is 94.8 Å². The highest BCUT2D eigenvalue weighted by atomic mass is 32.2. The molecule has 0 unspecified atom stereocenters. The molecule has 4 rings (SSSR count). The molecular formula is C22H20N2O2S. The Labute approximate surface area is 159 Å². The molecule has 3 aromatic carbocycles. The molecule has 4 nitrogen and oxygen atoms in total. The van der Waals surface area contributed by atoms with Crippen LogP contribution in [0.4, 0.5) is 0 Å². The first-order chi connectivity index (χ1) is 13.1. The number of hydrogen-bond acceptors (Lipinski definition) is 3. The maximum Gasteiger partial charge on any atom is 0.263 e. The first kappa shape index (κ1) is 17.5. The van der Waals surface area contributed by atoms with Gasteiger partial charge in [-0.3, -0.25) is 9.71 Å². The zero-order valence-electron chi connectivity index (χ0n) is 14.7. The van der Waals surface area contributed by atoms with Gasteiger partial charge in [-0.25, -0.2) is 8.42 Å². The van der Waals surface area contributed by atoms with Gasteiger partial charge in [0.1, 0.15) is 5.84 Å². The van der Waals surface area contributed by atoms with Gasteiger partial charge < -0.3 is 0 Å². The second-order valence-electron chi connectivity index (χ2n) is 6.49. The predicted molar refractivity (Wildman–Crippen MR) is 108 cm³/mol. The van der Waals surface area contributed by atoms with E-state index in [2.05, 4.69) is 34.0 Å². The van der Waals surface area contributed by atoms with E-state index < -0.39 is 10.0 Å². The summed E-state index contributed by atoms with van der Waals surface area (Å²) in [5, 5.41) is 0. The topological polar surface area (TPSA) is 58.5 Å². The van der Waals surface area contributed by atoms with E-state index in [1.807, 2.05) is 42.5 Å². The highest BCUT2D eigenvalue weighted by molar-refractivity contribution is 7.90. The van der Waals surface area contributed by atoms with Gasteiger partial charge in [0.25, 0.3) is 10.0 Å². The SMILES string of the molecule is O=S1(=O)NC(=NCCC(c2ccccc2)c2ccccc2)c2ccccc21. The normalized spacial score (nSPS) is 16.3. The second kappa shape index (κ2) is 7.37. The standard InChI is InChI=1S/C22H20N2O2S/c25-27(26)21-14-8-7-13-20(21)22(24-27)23-16-15-19(17-9-3-1-4-10-17)18-11-5-2-6-12-18/h1-14,19H,15-16H2,(H,23,24). The van der Waals surface area contributed by atoms with E-state index in [1.54, 1.807) is 18.2 Å². The van der Waals surface area contributed by atoms with Crippen molar-refractivity contribution in [3.05, 3.63) is 102 Å². The van der Waals surface area contributed by atoms with Crippen LogP contribution in [-0.2, 0) is 10.0 Å². The molecular weight excluding hydrogens is 356 g/mol. The van der Waals surface area contributed by atoms with Crippen LogP contribution in [0, 0.1) is 0 Å². The molecule has 1 aliphatic heterocycles. The molecule has 0 bridgehead atoms. The minimum absolute atomic E-state index is 0.213. The average molecular weight is 376 g/mol. The van der Waals surface area contributed by atoms with Gasteiger partial charge in [0.15, 0.2) is 0 Å². The monoisotopic (exact) mass is 376 g/mol. The number of sulfonamides is 1. The van der Waals surface area contributed by atoms with Crippen molar-refractivity contribution in [1.82, 2.24) is 4.72 Å². The van der Waals surface area contributed by atoms with Gasteiger partial charge in [0.2, 0.25) is 0 Å². The van der Waals surface area contributed by atoms with Gasteiger partial charge in [-0.2, -0.15) is 0 Å². The van der Waals surface area contributed by atoms with Crippen LogP contribution in [-0.4, -0.2) is 20.8 Å². The summed E-state index contributed by atoms with van der Waals surface area (Å²) in [6.07, 6.45) is 0.793. The van der Waals surface area contributed by atoms with E-state index >= 15 is 0 Å². The molecule has 0 spiro atoms. The third kappa shape index (κ3) is 3.64. The van der Waals surface area contributed by atoms with Crippen molar-refractivity contribution < 1.29 is 8.42 Å². The van der Waals surface area contributed by atoms with Gasteiger partial charge in [-0.1, -0.05) is 72.8 Å². The summed E-state index contributed by atoms with van der Waals surface area (Å²) in [5.41, 5.74) is 3.11. The van der Waals surface area contributed by atoms with Crippen LogP contribution in [0.2, 0.25) is 0 Å². The fraction of sp³-hybridized carbons (Fsp3) is 0.136. The molecule has 5 heteroatoms. The maximum absolute atomic E-state index is 12.2. The molecule has 0 fully saturated rings. The molecule has 0 saturated carbocycles. The second-order valence-corrected chi connectivity index (χ2v) is 8.15. The fourth-order valence-corrected chi connectivity index (χ4v) is 4.70. The molecule has 0 atom stereocenters. The van der Waals surface area contributed by atoms with Gasteiger partial charge in [0.05, 0.1) is 4.90 Å². The largest absolute Gasteiger partial charge is 0.267 e. The molecule has 0 amide bonds. The molecule has 1 heterocycles. The highest BCUT2D eigenvalue weighted by Crippen LogP contribution is 2.28. The van der Waals surface area contributed by atoms with Gasteiger partial charge in [0, 0.05) is 18.0 Å². The van der Waals surface area contributed by atoms with Gasteiger partial charge in [-0.05, 0) is 29.7 Å². The maximum atomic E-state index is 12.2. The zero-order chi connectivity index (χ0) is 18.7. The van der Waals surface area contributed by atoms with Crippen LogP contribution in [0.1, 0.15) is 29.0 Å². The third-order valence-electron chi connectivity index (χ3n) is 4.75. The summed E-state index contributed by atoms with van der Waals surface area (Å²) in [6.45, 7) is 0.528. The lowest BCUT2D eigenvalue weighted by molar-refractivity contribution is 0.595. The summed E-state index contributed by atoms with van der Waals surface area (Å²) >= 11 is 0. The Hall–Kier alpha value is -2.92. The molecule has 0 saturated heterocycles. The van der Waals surface area contributed by atoms with Crippen molar-refractivity contribution >= 4 is 15.9 Å². The molecule has 1 aliphatic rings. The van der Waals surface area contributed by atoms with Crippen molar-refractivity contribution in [2.24, 2.45) is 4.99 Å². The number of rotatable bonds is 5. The number of nitrogens with one attached hydrogen (secondary N) is 1. The van der Waals surface area contributed by atoms with Crippen molar-refractivity contribution in [3.63, 3.8) is 0 Å². The summed E-state index contributed by atoms with van der Waals surface area (Å²) in [4.78, 5) is 4.87. The van der Waals surface area contributed by atoms with E-state index in [4.69, 9.17) is 0 Å². The number of aliphatic imine (C=N–C) groups is 1. The molecule has 0 radical (unpaired) electrons. The average Bonchev–Trinajstić information content (AvgIpc) is 2.97. The first-order valence-electron chi connectivity index (χ1n) is 8.92. The Morgan fingerprint density at radius 1 is 0.778 bits per heavy atom. The van der Waals surface area contributed by atoms with E-state index in [9.17, 15) is 8.42 Å². The number of hydrogen-bond donors (Lipinski definition) is 1. The molecule has 3 aromatic rings. The molecule has 0 aromatic heterocycles. The lowest BCUT2D eigenvalue weighted by Crippen LogP contribution is -2.22. The molecule has 136 valence electrons. The van der Waals surface area contributed by atoms with E-state index in [0.717, 1.165) is 6.42 Å². The van der Waals surface area contributed by atoms with Crippen molar-refractivity contribution in [2.45, 2.75) is 17.2 Å². The quantitative estimate of drug-likeness (QED) is 0.733. The fourth-order valence-electron chi connectivity index (χ4n) is 3.45. The summed E-state index contributed by atoms with van der Waals surface area (Å²) in [6, 6.07) is 27.6. The molecule has 0 aliphatic carbocycles. The van der Waals surface area contributed by atoms with E-state index in [1.165, 1.54) is 11.1 Å². The van der Waals surface area contributed by atoms with Gasteiger partial charge in [-0.15, -0.1) is 0 Å². The Morgan fingerprint density at radius 3 is 1.96 bits per heavy atom. The first-order valence-corrected chi connectivity index (χ1v) is 10.4. The van der Waals surface area contributed by atoms with Crippen LogP contribution >= 0.6 is 0 Å². The lowest BCUT2D eigenvalue weighted by Gasteiger charge is -2.17. The lowest BCUT2D eigenvalue weighted by atomic mass is 9.88. The van der Waals surface area contributed by atoms with Crippen molar-refractivity contribution in [1.29, 1.82) is 0 Å². The van der Waals surface area contributed by atoms with E-state index in [0.29, 0.717) is 22.8 Å². The van der Waals surface area contributed by atoms with Crippen molar-refractivity contribution in [2.75, 3.05) is 6.54 Å². The Bertz CT molecular complexity index is 1020. The zero-order valence-corrected chi connectivity index (χ0v) is 15.6. The van der Waals surface area contributed by atoms with E-state index in [-0.39, 0.29) is 5.92 Å². The van der Waals surface area contributed by atoms with Crippen LogP contribution in [0.5, 0.6) is 0 Å². The van der Waals surface area contributed by atoms with Crippen molar-refractivity contribution in [3.8, 4) is 0 Å². The molecule has 1 N–H and O–H groups in total. The number of nitrogens with zero attached hydrogens (tertiary/aromatic N) is 1. The number of amidine groups is 1. The van der Waals surface area contributed by atoms with Crippen LogP contribution in [0.25, 0.3) is 0 Å². The number of benzene rings is 3. The van der Waals surface area contributed by atoms with Crippen LogP contribution in [0.3, 0.4) is 0 Å². The minimum atomic E-state index is -3.49. The Balaban J connectivity index is 1.59. The van der Waals surface area contributed by atoms with Crippen LogP contribution < -0.4 is 4.72 Å². The predicted octanol–water partition coefficient (Wildman–Crippen LogP) is 3.95. The number of fused-ring (bicyclic) bond motifs is 1. The smallest absolute Gasteiger partial charge is 0.263 e. The summed E-state index contributed by atoms with van der Waals surface area (Å²) in [7, 11) is -3.49. The highest BCUT2D eigenvalue weighted by Gasteiger charge is 2.30. The summed E-state index contributed by atoms with van der Waals surface area (Å²) in [5.74, 6) is 0.649. The minimum Gasteiger partial charge on any atom is -0.267 e. The Kier molecular flexibility index (Phi) is 4.77. The van der Waals surface area contributed by atoms with Gasteiger partial charge >= 0.3 is 0 Å². The Morgan fingerprint density at radius 2 is 1.33 bits per heavy atom. The third-order valence-corrected chi connectivity index (χ3v) is 6.15. The summed E-state index contributed by atoms with van der Waals surface area (Å²) < 4.78 is 27.0. The molecule has 27 heavy (non-hydrogen) atoms.